The molecular formula is C27H27N3O5. The summed E-state index contributed by atoms with van der Waals surface area (Å²) in [5.41, 5.74) is 2.62. The van der Waals surface area contributed by atoms with E-state index in [0.29, 0.717) is 35.7 Å². The number of para-hydroxylation sites is 1. The molecule has 1 aliphatic heterocycles. The normalized spacial score (nSPS) is 16.8. The Morgan fingerprint density at radius 3 is 2.31 bits per heavy atom. The molecule has 0 aromatic heterocycles. The first-order chi connectivity index (χ1) is 16.8. The first-order valence-electron chi connectivity index (χ1n) is 11.5. The van der Waals surface area contributed by atoms with Crippen molar-refractivity contribution in [3.05, 3.63) is 94.0 Å². The third kappa shape index (κ3) is 4.59. The van der Waals surface area contributed by atoms with E-state index in [2.05, 4.69) is 0 Å². The minimum absolute atomic E-state index is 0.0263. The monoisotopic (exact) mass is 473 g/mol. The van der Waals surface area contributed by atoms with Crippen molar-refractivity contribution >= 4 is 28.9 Å². The predicted octanol–water partition coefficient (Wildman–Crippen LogP) is 5.18. The van der Waals surface area contributed by atoms with Gasteiger partial charge in [0.25, 0.3) is 11.6 Å². The zero-order chi connectivity index (χ0) is 25.1. The molecule has 3 aromatic rings. The molecule has 2 atom stereocenters. The molecule has 0 saturated carbocycles. The van der Waals surface area contributed by atoms with Gasteiger partial charge in [0, 0.05) is 41.7 Å². The fraction of sp³-hybridized carbons (Fsp3) is 0.259. The molecule has 0 saturated heterocycles. The lowest BCUT2D eigenvalue weighted by Crippen LogP contribution is -2.46. The number of hydrogen-bond donors (Lipinski definition) is 0. The van der Waals surface area contributed by atoms with E-state index in [-0.39, 0.29) is 23.5 Å². The van der Waals surface area contributed by atoms with E-state index in [4.69, 9.17) is 4.74 Å². The van der Waals surface area contributed by atoms with E-state index >= 15 is 0 Å². The zero-order valence-electron chi connectivity index (χ0n) is 19.9. The first kappa shape index (κ1) is 23.9. The van der Waals surface area contributed by atoms with Crippen LogP contribution in [0.5, 0.6) is 5.75 Å². The summed E-state index contributed by atoms with van der Waals surface area (Å²) >= 11 is 0. The van der Waals surface area contributed by atoms with Crippen molar-refractivity contribution in [2.24, 2.45) is 0 Å². The Balaban J connectivity index is 1.66. The van der Waals surface area contributed by atoms with Gasteiger partial charge in [-0.05, 0) is 68.3 Å². The van der Waals surface area contributed by atoms with Crippen LogP contribution in [0.2, 0.25) is 0 Å². The minimum atomic E-state index is -0.463. The minimum Gasteiger partial charge on any atom is -0.497 e. The molecule has 8 heteroatoms. The standard InChI is InChI=1S/C27H27N3O5/c1-4-28(20-11-13-21(14-12-20)30(33)34)27(32)24-17-18(2)29(25-8-6-5-7-23(24)25)26(31)19-9-15-22(35-3)16-10-19/h5-16,18,24H,4,17H2,1-3H3/t18-,24?/m0/s1. The molecule has 180 valence electrons. The summed E-state index contributed by atoms with van der Waals surface area (Å²) in [6, 6.07) is 20.2. The van der Waals surface area contributed by atoms with Crippen LogP contribution < -0.4 is 14.5 Å². The maximum Gasteiger partial charge on any atom is 0.269 e. The average Bonchev–Trinajstić information content (AvgIpc) is 2.88. The Labute approximate surface area is 203 Å². The van der Waals surface area contributed by atoms with Crippen molar-refractivity contribution in [2.45, 2.75) is 32.2 Å². The third-order valence-electron chi connectivity index (χ3n) is 6.40. The van der Waals surface area contributed by atoms with Crippen LogP contribution in [0.25, 0.3) is 0 Å². The van der Waals surface area contributed by atoms with Crippen LogP contribution in [0.15, 0.2) is 72.8 Å². The molecule has 8 nitrogen and oxygen atoms in total. The number of carbonyl (C=O) groups excluding carboxylic acids is 2. The molecule has 35 heavy (non-hydrogen) atoms. The van der Waals surface area contributed by atoms with E-state index in [9.17, 15) is 19.7 Å². The third-order valence-corrected chi connectivity index (χ3v) is 6.40. The van der Waals surface area contributed by atoms with Gasteiger partial charge < -0.3 is 14.5 Å². The van der Waals surface area contributed by atoms with Crippen LogP contribution in [0.3, 0.4) is 0 Å². The van der Waals surface area contributed by atoms with Crippen molar-refractivity contribution in [2.75, 3.05) is 23.5 Å². The Bertz CT molecular complexity index is 1240. The van der Waals surface area contributed by atoms with Gasteiger partial charge >= 0.3 is 0 Å². The van der Waals surface area contributed by atoms with Gasteiger partial charge in [-0.25, -0.2) is 0 Å². The number of methoxy groups -OCH3 is 1. The summed E-state index contributed by atoms with van der Waals surface area (Å²) in [4.78, 5) is 41.2. The lowest BCUT2D eigenvalue weighted by atomic mass is 9.84. The number of ether oxygens (including phenoxy) is 1. The second-order valence-corrected chi connectivity index (χ2v) is 8.46. The Hall–Kier alpha value is -4.20. The highest BCUT2D eigenvalue weighted by Crippen LogP contribution is 2.41. The van der Waals surface area contributed by atoms with Crippen LogP contribution in [0.4, 0.5) is 17.1 Å². The number of nitro benzene ring substituents is 1. The fourth-order valence-electron chi connectivity index (χ4n) is 4.64. The summed E-state index contributed by atoms with van der Waals surface area (Å²) in [5.74, 6) is -0.0140. The number of likely N-dealkylation sites (N-methyl/N-ethyl adjacent to an activating group) is 1. The molecule has 1 unspecified atom stereocenters. The van der Waals surface area contributed by atoms with E-state index in [0.717, 1.165) is 5.56 Å². The van der Waals surface area contributed by atoms with E-state index in [1.807, 2.05) is 38.1 Å². The quantitative estimate of drug-likeness (QED) is 0.363. The average molecular weight is 474 g/mol. The molecule has 4 rings (SSSR count). The van der Waals surface area contributed by atoms with Crippen molar-refractivity contribution in [3.8, 4) is 5.75 Å². The predicted molar refractivity (Wildman–Crippen MR) is 134 cm³/mol. The molecule has 2 amide bonds. The highest BCUT2D eigenvalue weighted by atomic mass is 16.6. The lowest BCUT2D eigenvalue weighted by molar-refractivity contribution is -0.384. The van der Waals surface area contributed by atoms with Crippen molar-refractivity contribution in [1.29, 1.82) is 0 Å². The Kier molecular flexibility index (Phi) is 6.82. The highest BCUT2D eigenvalue weighted by Gasteiger charge is 2.38. The molecule has 1 heterocycles. The first-order valence-corrected chi connectivity index (χ1v) is 11.5. The zero-order valence-corrected chi connectivity index (χ0v) is 19.9. The molecule has 0 radical (unpaired) electrons. The summed E-state index contributed by atoms with van der Waals surface area (Å²) in [7, 11) is 1.58. The van der Waals surface area contributed by atoms with Gasteiger partial charge in [0.15, 0.2) is 0 Å². The SMILES string of the molecule is CCN(C(=O)C1C[C@H](C)N(C(=O)c2ccc(OC)cc2)c2ccccc21)c1ccc([N+](=O)[O-])cc1. The largest absolute Gasteiger partial charge is 0.497 e. The van der Waals surface area contributed by atoms with Crippen LogP contribution in [0, 0.1) is 10.1 Å². The topological polar surface area (TPSA) is 93.0 Å². The summed E-state index contributed by atoms with van der Waals surface area (Å²) in [6.07, 6.45) is 0.460. The Morgan fingerprint density at radius 1 is 1.06 bits per heavy atom. The van der Waals surface area contributed by atoms with Crippen LogP contribution in [-0.4, -0.2) is 36.4 Å². The number of fused-ring (bicyclic) bond motifs is 1. The Morgan fingerprint density at radius 2 is 1.71 bits per heavy atom. The molecule has 1 aliphatic rings. The molecule has 0 spiro atoms. The number of nitrogens with zero attached hydrogens (tertiary/aromatic N) is 3. The molecule has 0 fully saturated rings. The van der Waals surface area contributed by atoms with Gasteiger partial charge in [0.2, 0.25) is 5.91 Å². The second-order valence-electron chi connectivity index (χ2n) is 8.46. The highest BCUT2D eigenvalue weighted by molar-refractivity contribution is 6.09. The summed E-state index contributed by atoms with van der Waals surface area (Å²) in [5, 5.41) is 11.0. The van der Waals surface area contributed by atoms with Gasteiger partial charge in [-0.1, -0.05) is 18.2 Å². The van der Waals surface area contributed by atoms with Gasteiger partial charge in [-0.3, -0.25) is 19.7 Å². The molecule has 0 bridgehead atoms. The van der Waals surface area contributed by atoms with Crippen LogP contribution in [-0.2, 0) is 4.79 Å². The number of anilines is 2. The van der Waals surface area contributed by atoms with Crippen molar-refractivity contribution in [1.82, 2.24) is 0 Å². The molecule has 3 aromatic carbocycles. The van der Waals surface area contributed by atoms with Gasteiger partial charge in [-0.15, -0.1) is 0 Å². The number of amides is 2. The molecule has 0 N–H and O–H groups in total. The number of hydrogen-bond acceptors (Lipinski definition) is 5. The van der Waals surface area contributed by atoms with E-state index in [1.54, 1.807) is 53.3 Å². The lowest BCUT2D eigenvalue weighted by Gasteiger charge is -2.40. The van der Waals surface area contributed by atoms with Gasteiger partial charge in [0.05, 0.1) is 18.0 Å². The number of non-ortho nitro benzene ring substituents is 1. The van der Waals surface area contributed by atoms with E-state index in [1.165, 1.54) is 12.1 Å². The van der Waals surface area contributed by atoms with Crippen LogP contribution in [0.1, 0.15) is 42.1 Å². The number of carbonyl (C=O) groups is 2. The number of benzene rings is 3. The second kappa shape index (κ2) is 9.97. The summed E-state index contributed by atoms with van der Waals surface area (Å²) in [6.45, 7) is 4.23. The molecular weight excluding hydrogens is 446 g/mol. The van der Waals surface area contributed by atoms with E-state index < -0.39 is 10.8 Å². The number of nitro groups is 1. The van der Waals surface area contributed by atoms with Gasteiger partial charge in [-0.2, -0.15) is 0 Å². The fourth-order valence-corrected chi connectivity index (χ4v) is 4.64. The van der Waals surface area contributed by atoms with Crippen LogP contribution >= 0.6 is 0 Å². The number of rotatable bonds is 6. The maximum absolute atomic E-state index is 13.7. The van der Waals surface area contributed by atoms with Crippen molar-refractivity contribution in [3.63, 3.8) is 0 Å². The van der Waals surface area contributed by atoms with Gasteiger partial charge in [0.1, 0.15) is 5.75 Å². The van der Waals surface area contributed by atoms with Crippen molar-refractivity contribution < 1.29 is 19.2 Å². The maximum atomic E-state index is 13.7. The molecule has 0 aliphatic carbocycles. The summed E-state index contributed by atoms with van der Waals surface area (Å²) < 4.78 is 5.20. The smallest absolute Gasteiger partial charge is 0.269 e.